The summed E-state index contributed by atoms with van der Waals surface area (Å²) < 4.78 is 34.1. The maximum Gasteiger partial charge on any atom is 0.162 e. The molecule has 0 spiro atoms. The lowest BCUT2D eigenvalue weighted by atomic mass is 10.1. The van der Waals surface area contributed by atoms with E-state index in [2.05, 4.69) is 15.3 Å². The van der Waals surface area contributed by atoms with Crippen LogP contribution in [0.1, 0.15) is 11.3 Å². The molecule has 8 heteroatoms. The van der Waals surface area contributed by atoms with Gasteiger partial charge < -0.3 is 15.0 Å². The number of aromatic nitrogens is 3. The number of nitrogens with one attached hydrogen (secondary N) is 1. The second-order valence-corrected chi connectivity index (χ2v) is 6.93. The summed E-state index contributed by atoms with van der Waals surface area (Å²) in [6.07, 6.45) is 3.48. The minimum Gasteiger partial charge on any atom is -0.487 e. The quantitative estimate of drug-likeness (QED) is 0.763. The predicted molar refractivity (Wildman–Crippen MR) is 96.3 cm³/mol. The van der Waals surface area contributed by atoms with Gasteiger partial charge in [0.05, 0.1) is 25.0 Å². The molecule has 6 nitrogen and oxygen atoms in total. The molecule has 1 fully saturated rings. The number of benzene rings is 1. The van der Waals surface area contributed by atoms with E-state index in [4.69, 9.17) is 9.72 Å². The van der Waals surface area contributed by atoms with Crippen LogP contribution in [0.15, 0.2) is 30.5 Å². The van der Waals surface area contributed by atoms with E-state index in [1.165, 1.54) is 11.6 Å². The van der Waals surface area contributed by atoms with Crippen molar-refractivity contribution in [3.63, 3.8) is 0 Å². The van der Waals surface area contributed by atoms with E-state index in [-0.39, 0.29) is 6.10 Å². The first-order valence-corrected chi connectivity index (χ1v) is 9.12. The number of nitrogens with zero attached hydrogens (tertiary/aromatic N) is 4. The van der Waals surface area contributed by atoms with Gasteiger partial charge in [-0.25, -0.2) is 13.8 Å². The molecule has 3 aromatic rings. The molecule has 140 valence electrons. The van der Waals surface area contributed by atoms with Crippen molar-refractivity contribution >= 4 is 11.5 Å². The molecule has 0 saturated carbocycles. The monoisotopic (exact) mass is 371 g/mol. The Morgan fingerprint density at radius 3 is 2.78 bits per heavy atom. The van der Waals surface area contributed by atoms with Crippen LogP contribution in [0.5, 0.6) is 5.75 Å². The van der Waals surface area contributed by atoms with Crippen molar-refractivity contribution in [1.29, 1.82) is 0 Å². The molecule has 0 radical (unpaired) electrons. The maximum atomic E-state index is 13.4. The first-order valence-electron chi connectivity index (χ1n) is 9.12. The molecule has 2 aliphatic heterocycles. The van der Waals surface area contributed by atoms with E-state index in [0.717, 1.165) is 55.2 Å². The fourth-order valence-corrected chi connectivity index (χ4v) is 3.77. The lowest BCUT2D eigenvalue weighted by Crippen LogP contribution is -2.55. The molecule has 1 N–H and O–H groups in total. The van der Waals surface area contributed by atoms with Gasteiger partial charge in [-0.15, -0.1) is 0 Å². The van der Waals surface area contributed by atoms with Crippen LogP contribution >= 0.6 is 0 Å². The predicted octanol–water partition coefficient (Wildman–Crippen LogP) is 1.96. The SMILES string of the molecule is Fc1ccc(OC2CN(c3c4c(nc5ccnn35)CCNCC4)C2)cc1F. The number of rotatable bonds is 3. The van der Waals surface area contributed by atoms with Crippen molar-refractivity contribution in [2.75, 3.05) is 31.1 Å². The van der Waals surface area contributed by atoms with Crippen LogP contribution in [-0.2, 0) is 12.8 Å². The van der Waals surface area contributed by atoms with Crippen molar-refractivity contribution in [2.24, 2.45) is 0 Å². The highest BCUT2D eigenvalue weighted by molar-refractivity contribution is 5.59. The number of ether oxygens (including phenoxy) is 1. The van der Waals surface area contributed by atoms with Crippen LogP contribution in [0, 0.1) is 11.6 Å². The van der Waals surface area contributed by atoms with Crippen LogP contribution in [0.4, 0.5) is 14.6 Å². The number of hydrogen-bond donors (Lipinski definition) is 1. The van der Waals surface area contributed by atoms with Gasteiger partial charge in [0.15, 0.2) is 17.3 Å². The Balaban J connectivity index is 1.40. The molecule has 0 bridgehead atoms. The Kier molecular flexibility index (Phi) is 3.93. The number of halogens is 2. The molecule has 0 unspecified atom stereocenters. The van der Waals surface area contributed by atoms with E-state index in [1.54, 1.807) is 6.20 Å². The summed E-state index contributed by atoms with van der Waals surface area (Å²) in [5, 5.41) is 7.87. The fourth-order valence-electron chi connectivity index (χ4n) is 3.77. The first kappa shape index (κ1) is 16.4. The largest absolute Gasteiger partial charge is 0.487 e. The van der Waals surface area contributed by atoms with Crippen LogP contribution in [0.2, 0.25) is 0 Å². The molecule has 5 rings (SSSR count). The third kappa shape index (κ3) is 2.90. The van der Waals surface area contributed by atoms with Crippen LogP contribution < -0.4 is 15.0 Å². The number of anilines is 1. The highest BCUT2D eigenvalue weighted by Crippen LogP contribution is 2.31. The minimum atomic E-state index is -0.895. The summed E-state index contributed by atoms with van der Waals surface area (Å²) in [6.45, 7) is 3.17. The third-order valence-corrected chi connectivity index (χ3v) is 5.12. The van der Waals surface area contributed by atoms with E-state index < -0.39 is 11.6 Å². The summed E-state index contributed by atoms with van der Waals surface area (Å²) in [5.74, 6) is -0.352. The number of fused-ring (bicyclic) bond motifs is 2. The van der Waals surface area contributed by atoms with Crippen molar-refractivity contribution < 1.29 is 13.5 Å². The van der Waals surface area contributed by atoms with Gasteiger partial charge in [0.25, 0.3) is 0 Å². The molecular formula is C19H19F2N5O. The summed E-state index contributed by atoms with van der Waals surface area (Å²) >= 11 is 0. The van der Waals surface area contributed by atoms with Crippen molar-refractivity contribution in [2.45, 2.75) is 18.9 Å². The highest BCUT2D eigenvalue weighted by atomic mass is 19.2. The summed E-state index contributed by atoms with van der Waals surface area (Å²) in [4.78, 5) is 6.99. The highest BCUT2D eigenvalue weighted by Gasteiger charge is 2.33. The molecule has 0 atom stereocenters. The van der Waals surface area contributed by atoms with E-state index in [9.17, 15) is 8.78 Å². The molecule has 2 aromatic heterocycles. The Bertz CT molecular complexity index is 999. The zero-order valence-electron chi connectivity index (χ0n) is 14.7. The van der Waals surface area contributed by atoms with E-state index in [1.807, 2.05) is 10.6 Å². The molecule has 4 heterocycles. The van der Waals surface area contributed by atoms with Gasteiger partial charge in [-0.05, 0) is 25.1 Å². The molecule has 0 aliphatic carbocycles. The standard InChI is InChI=1S/C19H19F2N5O/c20-15-2-1-12(9-16(15)21)27-13-10-25(11-13)19-14-3-6-22-7-4-17(14)24-18-5-8-23-26(18)19/h1-2,5,8-9,13,22H,3-4,6-7,10-11H2. The van der Waals surface area contributed by atoms with Crippen molar-refractivity contribution in [3.8, 4) is 5.75 Å². The van der Waals surface area contributed by atoms with Crippen molar-refractivity contribution in [3.05, 3.63) is 53.4 Å². The summed E-state index contributed by atoms with van der Waals surface area (Å²) in [5.41, 5.74) is 3.19. The van der Waals surface area contributed by atoms with Gasteiger partial charge in [0.2, 0.25) is 0 Å². The molecule has 27 heavy (non-hydrogen) atoms. The van der Waals surface area contributed by atoms with Gasteiger partial charge >= 0.3 is 0 Å². The summed E-state index contributed by atoms with van der Waals surface area (Å²) in [7, 11) is 0. The Labute approximate surface area is 154 Å². The molecule has 0 amide bonds. The Morgan fingerprint density at radius 2 is 1.93 bits per heavy atom. The second kappa shape index (κ2) is 6.45. The van der Waals surface area contributed by atoms with Gasteiger partial charge in [-0.3, -0.25) is 0 Å². The van der Waals surface area contributed by atoms with Crippen LogP contribution in [-0.4, -0.2) is 46.9 Å². The first-order chi connectivity index (χ1) is 13.2. The third-order valence-electron chi connectivity index (χ3n) is 5.12. The van der Waals surface area contributed by atoms with Crippen LogP contribution in [0.25, 0.3) is 5.65 Å². The minimum absolute atomic E-state index is 0.0757. The van der Waals surface area contributed by atoms with Gasteiger partial charge in [0.1, 0.15) is 17.7 Å². The Hall–Kier alpha value is -2.74. The molecular weight excluding hydrogens is 352 g/mol. The average Bonchev–Trinajstić information content (AvgIpc) is 2.96. The number of hydrogen-bond acceptors (Lipinski definition) is 5. The van der Waals surface area contributed by atoms with E-state index in [0.29, 0.717) is 18.8 Å². The topological polar surface area (TPSA) is 54.7 Å². The lowest BCUT2D eigenvalue weighted by molar-refractivity contribution is 0.165. The molecule has 2 aliphatic rings. The zero-order valence-corrected chi connectivity index (χ0v) is 14.7. The second-order valence-electron chi connectivity index (χ2n) is 6.93. The van der Waals surface area contributed by atoms with Gasteiger partial charge in [-0.2, -0.15) is 9.61 Å². The molecule has 1 saturated heterocycles. The normalized spacial score (nSPS) is 17.5. The summed E-state index contributed by atoms with van der Waals surface area (Å²) in [6, 6.07) is 5.55. The smallest absolute Gasteiger partial charge is 0.162 e. The molecule has 1 aromatic carbocycles. The maximum absolute atomic E-state index is 13.4. The lowest BCUT2D eigenvalue weighted by Gasteiger charge is -2.41. The zero-order chi connectivity index (χ0) is 18.4. The van der Waals surface area contributed by atoms with Gasteiger partial charge in [0, 0.05) is 30.7 Å². The average molecular weight is 371 g/mol. The van der Waals surface area contributed by atoms with Crippen molar-refractivity contribution in [1.82, 2.24) is 19.9 Å². The van der Waals surface area contributed by atoms with E-state index >= 15 is 0 Å². The van der Waals surface area contributed by atoms with Crippen LogP contribution in [0.3, 0.4) is 0 Å². The fraction of sp³-hybridized carbons (Fsp3) is 0.368. The van der Waals surface area contributed by atoms with Gasteiger partial charge in [-0.1, -0.05) is 0 Å². The Morgan fingerprint density at radius 1 is 1.07 bits per heavy atom.